The maximum absolute atomic E-state index is 3.66. The van der Waals surface area contributed by atoms with Crippen LogP contribution in [0.15, 0.2) is 0 Å². The summed E-state index contributed by atoms with van der Waals surface area (Å²) in [6.07, 6.45) is 1.36. The Hall–Kier alpha value is 0.270. The Bertz CT molecular complexity index is 136. The molecular formula is C8H16N2S. The molecule has 3 heteroatoms. The number of thioether (sulfide) groups is 1. The molecule has 2 heterocycles. The molecule has 2 rings (SSSR count). The fraction of sp³-hybridized carbons (Fsp3) is 1.00. The van der Waals surface area contributed by atoms with Gasteiger partial charge in [-0.05, 0) is 6.42 Å². The normalized spacial score (nSPS) is 39.0. The smallest absolute Gasteiger partial charge is 0.0320 e. The third kappa shape index (κ3) is 1.89. The molecule has 2 nitrogen and oxygen atoms in total. The summed E-state index contributed by atoms with van der Waals surface area (Å²) in [7, 11) is 0. The van der Waals surface area contributed by atoms with E-state index in [-0.39, 0.29) is 0 Å². The van der Waals surface area contributed by atoms with Crippen molar-refractivity contribution in [2.45, 2.75) is 30.7 Å². The number of rotatable bonds is 2. The van der Waals surface area contributed by atoms with E-state index >= 15 is 0 Å². The van der Waals surface area contributed by atoms with Gasteiger partial charge in [0.15, 0.2) is 0 Å². The number of hydrogen-bond acceptors (Lipinski definition) is 3. The monoisotopic (exact) mass is 172 g/mol. The Labute approximate surface area is 72.5 Å². The van der Waals surface area contributed by atoms with Gasteiger partial charge in [0.2, 0.25) is 0 Å². The largest absolute Gasteiger partial charge is 0.314 e. The Balaban J connectivity index is 1.70. The Morgan fingerprint density at radius 3 is 2.64 bits per heavy atom. The van der Waals surface area contributed by atoms with Crippen LogP contribution < -0.4 is 10.6 Å². The molecule has 0 aromatic heterocycles. The van der Waals surface area contributed by atoms with Crippen LogP contribution in [-0.2, 0) is 0 Å². The minimum Gasteiger partial charge on any atom is -0.314 e. The van der Waals surface area contributed by atoms with Crippen molar-refractivity contribution in [1.29, 1.82) is 0 Å². The molecule has 0 saturated carbocycles. The molecule has 11 heavy (non-hydrogen) atoms. The highest BCUT2D eigenvalue weighted by Gasteiger charge is 2.26. The van der Waals surface area contributed by atoms with Gasteiger partial charge < -0.3 is 10.6 Å². The molecule has 0 aromatic carbocycles. The Morgan fingerprint density at radius 1 is 1.36 bits per heavy atom. The third-order valence-electron chi connectivity index (χ3n) is 2.45. The van der Waals surface area contributed by atoms with Gasteiger partial charge in [0.25, 0.3) is 0 Å². The van der Waals surface area contributed by atoms with E-state index in [1.165, 1.54) is 25.3 Å². The van der Waals surface area contributed by atoms with E-state index in [0.29, 0.717) is 0 Å². The van der Waals surface area contributed by atoms with E-state index in [0.717, 1.165) is 17.3 Å². The van der Waals surface area contributed by atoms with Crippen LogP contribution in [0.1, 0.15) is 13.3 Å². The summed E-state index contributed by atoms with van der Waals surface area (Å²) in [6.45, 7) is 4.68. The Kier molecular flexibility index (Phi) is 2.39. The van der Waals surface area contributed by atoms with Gasteiger partial charge in [-0.2, -0.15) is 11.8 Å². The second kappa shape index (κ2) is 3.33. The van der Waals surface area contributed by atoms with Crippen molar-refractivity contribution in [1.82, 2.24) is 10.6 Å². The molecule has 0 aliphatic carbocycles. The van der Waals surface area contributed by atoms with Crippen molar-refractivity contribution >= 4 is 11.8 Å². The molecule has 2 aliphatic heterocycles. The van der Waals surface area contributed by atoms with Gasteiger partial charge in [-0.15, -0.1) is 0 Å². The van der Waals surface area contributed by atoms with Gasteiger partial charge >= 0.3 is 0 Å². The van der Waals surface area contributed by atoms with Crippen molar-refractivity contribution in [3.05, 3.63) is 0 Å². The summed E-state index contributed by atoms with van der Waals surface area (Å²) in [5, 5.41) is 7.81. The van der Waals surface area contributed by atoms with E-state index in [1.54, 1.807) is 0 Å². The average Bonchev–Trinajstić information content (AvgIpc) is 2.27. The highest BCUT2D eigenvalue weighted by molar-refractivity contribution is 8.00. The molecule has 2 fully saturated rings. The molecule has 0 amide bonds. The zero-order chi connectivity index (χ0) is 7.68. The quantitative estimate of drug-likeness (QED) is 0.632. The molecule has 2 unspecified atom stereocenters. The van der Waals surface area contributed by atoms with Crippen molar-refractivity contribution in [2.75, 3.05) is 18.8 Å². The lowest BCUT2D eigenvalue weighted by Crippen LogP contribution is -2.58. The SMILES string of the molecule is CC1CC(NC2CNC2)CS1. The first kappa shape index (κ1) is 7.90. The standard InChI is InChI=1S/C8H16N2S/c1-6-2-7(5-11-6)10-8-3-9-4-8/h6-10H,2-5H2,1H3. The molecule has 64 valence electrons. The van der Waals surface area contributed by atoms with Gasteiger partial charge in [-0.1, -0.05) is 6.92 Å². The second-order valence-electron chi connectivity index (χ2n) is 3.60. The predicted octanol–water partition coefficient (Wildman–Crippen LogP) is 0.442. The molecule has 0 radical (unpaired) electrons. The van der Waals surface area contributed by atoms with Gasteiger partial charge in [0.05, 0.1) is 0 Å². The van der Waals surface area contributed by atoms with Crippen LogP contribution in [0, 0.1) is 0 Å². The molecule has 2 atom stereocenters. The first-order valence-corrected chi connectivity index (χ1v) is 5.48. The topological polar surface area (TPSA) is 24.1 Å². The lowest BCUT2D eigenvalue weighted by atomic mass is 10.1. The molecule has 2 saturated heterocycles. The minimum atomic E-state index is 0.769. The fourth-order valence-corrected chi connectivity index (χ4v) is 2.83. The lowest BCUT2D eigenvalue weighted by molar-refractivity contribution is 0.334. The van der Waals surface area contributed by atoms with Gasteiger partial charge in [0.1, 0.15) is 0 Å². The zero-order valence-corrected chi connectivity index (χ0v) is 7.79. The van der Waals surface area contributed by atoms with Gasteiger partial charge in [-0.3, -0.25) is 0 Å². The molecule has 0 aromatic rings. The van der Waals surface area contributed by atoms with Crippen LogP contribution in [0.4, 0.5) is 0 Å². The van der Waals surface area contributed by atoms with Crippen LogP contribution in [0.3, 0.4) is 0 Å². The van der Waals surface area contributed by atoms with Crippen LogP contribution in [0.25, 0.3) is 0 Å². The number of nitrogens with one attached hydrogen (secondary N) is 2. The highest BCUT2D eigenvalue weighted by Crippen LogP contribution is 2.26. The van der Waals surface area contributed by atoms with Crippen molar-refractivity contribution in [2.24, 2.45) is 0 Å². The van der Waals surface area contributed by atoms with Gasteiger partial charge in [0, 0.05) is 36.2 Å². The first-order valence-electron chi connectivity index (χ1n) is 4.43. The Morgan fingerprint density at radius 2 is 2.18 bits per heavy atom. The van der Waals surface area contributed by atoms with Crippen LogP contribution in [0.2, 0.25) is 0 Å². The van der Waals surface area contributed by atoms with E-state index < -0.39 is 0 Å². The number of hydrogen-bond donors (Lipinski definition) is 2. The van der Waals surface area contributed by atoms with E-state index in [1.807, 2.05) is 0 Å². The van der Waals surface area contributed by atoms with Crippen molar-refractivity contribution in [3.63, 3.8) is 0 Å². The second-order valence-corrected chi connectivity index (χ2v) is 5.07. The minimum absolute atomic E-state index is 0.769. The molecule has 2 aliphatic rings. The summed E-state index contributed by atoms with van der Waals surface area (Å²) in [5.41, 5.74) is 0. The summed E-state index contributed by atoms with van der Waals surface area (Å²) < 4.78 is 0. The van der Waals surface area contributed by atoms with E-state index in [9.17, 15) is 0 Å². The zero-order valence-electron chi connectivity index (χ0n) is 6.97. The summed E-state index contributed by atoms with van der Waals surface area (Å²) in [6, 6.07) is 1.56. The van der Waals surface area contributed by atoms with Crippen LogP contribution in [-0.4, -0.2) is 36.2 Å². The van der Waals surface area contributed by atoms with E-state index in [2.05, 4.69) is 29.3 Å². The summed E-state index contributed by atoms with van der Waals surface area (Å²) >= 11 is 2.10. The average molecular weight is 172 g/mol. The summed E-state index contributed by atoms with van der Waals surface area (Å²) in [5.74, 6) is 1.32. The first-order chi connectivity index (χ1) is 5.34. The summed E-state index contributed by atoms with van der Waals surface area (Å²) in [4.78, 5) is 0. The lowest BCUT2D eigenvalue weighted by Gasteiger charge is -2.30. The van der Waals surface area contributed by atoms with Crippen LogP contribution >= 0.6 is 11.8 Å². The molecule has 0 spiro atoms. The molecular weight excluding hydrogens is 156 g/mol. The van der Waals surface area contributed by atoms with Gasteiger partial charge in [-0.25, -0.2) is 0 Å². The van der Waals surface area contributed by atoms with Crippen molar-refractivity contribution in [3.8, 4) is 0 Å². The van der Waals surface area contributed by atoms with Crippen molar-refractivity contribution < 1.29 is 0 Å². The predicted molar refractivity (Wildman–Crippen MR) is 50.1 cm³/mol. The maximum Gasteiger partial charge on any atom is 0.0320 e. The van der Waals surface area contributed by atoms with E-state index in [4.69, 9.17) is 0 Å². The molecule has 0 bridgehead atoms. The highest BCUT2D eigenvalue weighted by atomic mass is 32.2. The fourth-order valence-electron chi connectivity index (χ4n) is 1.67. The molecule has 2 N–H and O–H groups in total. The van der Waals surface area contributed by atoms with Crippen LogP contribution in [0.5, 0.6) is 0 Å². The third-order valence-corrected chi connectivity index (χ3v) is 3.81. The maximum atomic E-state index is 3.66.